The summed E-state index contributed by atoms with van der Waals surface area (Å²) >= 11 is 0. The van der Waals surface area contributed by atoms with Gasteiger partial charge in [-0.25, -0.2) is 0 Å². The molecule has 5 heteroatoms. The third-order valence-electron chi connectivity index (χ3n) is 4.33. The van der Waals surface area contributed by atoms with Gasteiger partial charge >= 0.3 is 0 Å². The fraction of sp³-hybridized carbons (Fsp3) is 0.182. The van der Waals surface area contributed by atoms with Gasteiger partial charge in [-0.05, 0) is 60.4 Å². The standard InChI is InChI=1S/C22H22N2O3/c1-14(2)16-7-9-17(10-8-16)21(25)24-19-13-18(11-6-15(19)3)23-22(26)20-5-4-12-27-20/h4-14H,1-3H3,(H,23,26)(H,24,25). The van der Waals surface area contributed by atoms with Crippen molar-refractivity contribution in [3.63, 3.8) is 0 Å². The molecule has 27 heavy (non-hydrogen) atoms. The van der Waals surface area contributed by atoms with Gasteiger partial charge in [0, 0.05) is 16.9 Å². The van der Waals surface area contributed by atoms with Gasteiger partial charge in [0.05, 0.1) is 6.26 Å². The van der Waals surface area contributed by atoms with Crippen LogP contribution >= 0.6 is 0 Å². The average Bonchev–Trinajstić information content (AvgIpc) is 3.19. The highest BCUT2D eigenvalue weighted by Gasteiger charge is 2.12. The molecule has 0 atom stereocenters. The van der Waals surface area contributed by atoms with E-state index >= 15 is 0 Å². The van der Waals surface area contributed by atoms with E-state index in [1.54, 1.807) is 24.3 Å². The lowest BCUT2D eigenvalue weighted by molar-refractivity contribution is 0.0995. The second-order valence-electron chi connectivity index (χ2n) is 6.69. The minimum Gasteiger partial charge on any atom is -0.459 e. The molecule has 0 saturated heterocycles. The van der Waals surface area contributed by atoms with Crippen LogP contribution in [0.4, 0.5) is 11.4 Å². The van der Waals surface area contributed by atoms with Gasteiger partial charge in [-0.2, -0.15) is 0 Å². The summed E-state index contributed by atoms with van der Waals surface area (Å²) in [6, 6.07) is 16.2. The molecule has 0 spiro atoms. The number of anilines is 2. The quantitative estimate of drug-likeness (QED) is 0.654. The molecule has 1 aromatic heterocycles. The molecule has 138 valence electrons. The van der Waals surface area contributed by atoms with Crippen molar-refractivity contribution in [2.24, 2.45) is 0 Å². The molecule has 2 aromatic carbocycles. The van der Waals surface area contributed by atoms with Crippen molar-refractivity contribution in [1.82, 2.24) is 0 Å². The van der Waals surface area contributed by atoms with E-state index in [1.807, 2.05) is 37.3 Å². The zero-order valence-corrected chi connectivity index (χ0v) is 15.6. The molecule has 0 aliphatic heterocycles. The number of furan rings is 1. The van der Waals surface area contributed by atoms with Crippen molar-refractivity contribution >= 4 is 23.2 Å². The Kier molecular flexibility index (Phi) is 5.41. The first kappa shape index (κ1) is 18.5. The lowest BCUT2D eigenvalue weighted by Crippen LogP contribution is -2.14. The van der Waals surface area contributed by atoms with Gasteiger partial charge in [-0.1, -0.05) is 32.0 Å². The molecule has 1 heterocycles. The van der Waals surface area contributed by atoms with Gasteiger partial charge in [-0.15, -0.1) is 0 Å². The van der Waals surface area contributed by atoms with Gasteiger partial charge in [0.25, 0.3) is 11.8 Å². The number of hydrogen-bond acceptors (Lipinski definition) is 3. The molecular formula is C22H22N2O3. The molecule has 0 bridgehead atoms. The first-order valence-electron chi connectivity index (χ1n) is 8.81. The SMILES string of the molecule is Cc1ccc(NC(=O)c2ccco2)cc1NC(=O)c1ccc(C(C)C)cc1. The van der Waals surface area contributed by atoms with Crippen LogP contribution in [0, 0.1) is 6.92 Å². The van der Waals surface area contributed by atoms with Crippen LogP contribution in [0.25, 0.3) is 0 Å². The average molecular weight is 362 g/mol. The minimum absolute atomic E-state index is 0.192. The molecule has 2 N–H and O–H groups in total. The number of carbonyl (C=O) groups excluding carboxylic acids is 2. The van der Waals surface area contributed by atoms with Crippen molar-refractivity contribution in [2.45, 2.75) is 26.7 Å². The zero-order chi connectivity index (χ0) is 19.4. The Balaban J connectivity index is 1.74. The van der Waals surface area contributed by atoms with E-state index in [-0.39, 0.29) is 17.6 Å². The van der Waals surface area contributed by atoms with Crippen molar-refractivity contribution < 1.29 is 14.0 Å². The van der Waals surface area contributed by atoms with Crippen LogP contribution in [0.5, 0.6) is 0 Å². The topological polar surface area (TPSA) is 71.3 Å². The minimum atomic E-state index is -0.342. The molecule has 0 aliphatic carbocycles. The van der Waals surface area contributed by atoms with E-state index < -0.39 is 0 Å². The Morgan fingerprint density at radius 1 is 0.926 bits per heavy atom. The highest BCUT2D eigenvalue weighted by molar-refractivity contribution is 6.06. The largest absolute Gasteiger partial charge is 0.459 e. The molecule has 0 fully saturated rings. The second-order valence-corrected chi connectivity index (χ2v) is 6.69. The van der Waals surface area contributed by atoms with Crippen LogP contribution in [-0.4, -0.2) is 11.8 Å². The number of hydrogen-bond donors (Lipinski definition) is 2. The number of aryl methyl sites for hydroxylation is 1. The van der Waals surface area contributed by atoms with Gasteiger partial charge in [-0.3, -0.25) is 9.59 Å². The number of amides is 2. The lowest BCUT2D eigenvalue weighted by atomic mass is 10.0. The van der Waals surface area contributed by atoms with Crippen LogP contribution in [0.2, 0.25) is 0 Å². The Bertz CT molecular complexity index is 942. The van der Waals surface area contributed by atoms with Crippen LogP contribution in [-0.2, 0) is 0 Å². The molecule has 2 amide bonds. The summed E-state index contributed by atoms with van der Waals surface area (Å²) in [6.45, 7) is 6.12. The first-order valence-corrected chi connectivity index (χ1v) is 8.81. The van der Waals surface area contributed by atoms with Crippen LogP contribution in [0.3, 0.4) is 0 Å². The number of carbonyl (C=O) groups is 2. The fourth-order valence-corrected chi connectivity index (χ4v) is 2.65. The molecule has 3 rings (SSSR count). The van der Waals surface area contributed by atoms with E-state index in [0.29, 0.717) is 22.9 Å². The highest BCUT2D eigenvalue weighted by atomic mass is 16.3. The molecule has 0 unspecified atom stereocenters. The predicted octanol–water partition coefficient (Wildman–Crippen LogP) is 5.22. The third kappa shape index (κ3) is 4.44. The predicted molar refractivity (Wildman–Crippen MR) is 106 cm³/mol. The van der Waals surface area contributed by atoms with Crippen molar-refractivity contribution in [3.05, 3.63) is 83.3 Å². The van der Waals surface area contributed by atoms with Gasteiger partial charge < -0.3 is 15.1 Å². The van der Waals surface area contributed by atoms with Crippen LogP contribution < -0.4 is 10.6 Å². The summed E-state index contributed by atoms with van der Waals surface area (Å²) in [5, 5.41) is 5.67. The number of nitrogens with one attached hydrogen (secondary N) is 2. The zero-order valence-electron chi connectivity index (χ0n) is 15.6. The molecule has 0 aliphatic rings. The smallest absolute Gasteiger partial charge is 0.291 e. The fourth-order valence-electron chi connectivity index (χ4n) is 2.65. The first-order chi connectivity index (χ1) is 12.9. The summed E-state index contributed by atoms with van der Waals surface area (Å²) in [7, 11) is 0. The van der Waals surface area contributed by atoms with E-state index in [2.05, 4.69) is 24.5 Å². The molecule has 5 nitrogen and oxygen atoms in total. The summed E-state index contributed by atoms with van der Waals surface area (Å²) in [4.78, 5) is 24.7. The Morgan fingerprint density at radius 3 is 2.30 bits per heavy atom. The maximum Gasteiger partial charge on any atom is 0.291 e. The Hall–Kier alpha value is -3.34. The Labute approximate surface area is 158 Å². The third-order valence-corrected chi connectivity index (χ3v) is 4.33. The lowest BCUT2D eigenvalue weighted by Gasteiger charge is -2.12. The van der Waals surface area contributed by atoms with Crippen molar-refractivity contribution in [2.75, 3.05) is 10.6 Å². The summed E-state index contributed by atoms with van der Waals surface area (Å²) in [5.41, 5.74) is 3.89. The molecule has 0 radical (unpaired) electrons. The summed E-state index contributed by atoms with van der Waals surface area (Å²) in [5.74, 6) is 0.110. The Morgan fingerprint density at radius 2 is 1.67 bits per heavy atom. The summed E-state index contributed by atoms with van der Waals surface area (Å²) in [6.07, 6.45) is 1.44. The number of benzene rings is 2. The summed E-state index contributed by atoms with van der Waals surface area (Å²) < 4.78 is 5.09. The molecule has 3 aromatic rings. The maximum absolute atomic E-state index is 12.6. The van der Waals surface area contributed by atoms with Gasteiger partial charge in [0.1, 0.15) is 0 Å². The van der Waals surface area contributed by atoms with E-state index in [9.17, 15) is 9.59 Å². The van der Waals surface area contributed by atoms with Crippen LogP contribution in [0.15, 0.2) is 65.3 Å². The van der Waals surface area contributed by atoms with Crippen LogP contribution in [0.1, 0.15) is 51.8 Å². The van der Waals surface area contributed by atoms with Crippen molar-refractivity contribution in [3.8, 4) is 0 Å². The van der Waals surface area contributed by atoms with Gasteiger partial charge in [0.15, 0.2) is 5.76 Å². The highest BCUT2D eigenvalue weighted by Crippen LogP contribution is 2.22. The molecular weight excluding hydrogens is 340 g/mol. The molecule has 0 saturated carbocycles. The monoisotopic (exact) mass is 362 g/mol. The number of rotatable bonds is 5. The van der Waals surface area contributed by atoms with Gasteiger partial charge in [0.2, 0.25) is 0 Å². The maximum atomic E-state index is 12.6. The van der Waals surface area contributed by atoms with E-state index in [4.69, 9.17) is 4.42 Å². The van der Waals surface area contributed by atoms with E-state index in [1.165, 1.54) is 11.8 Å². The normalized spacial score (nSPS) is 10.7. The second kappa shape index (κ2) is 7.91. The van der Waals surface area contributed by atoms with E-state index in [0.717, 1.165) is 5.56 Å². The van der Waals surface area contributed by atoms with Crippen molar-refractivity contribution in [1.29, 1.82) is 0 Å².